The van der Waals surface area contributed by atoms with Gasteiger partial charge in [0.2, 0.25) is 5.91 Å². The third-order valence-corrected chi connectivity index (χ3v) is 3.53. The molecule has 0 aromatic heterocycles. The number of carbonyl (C=O) groups excluding carboxylic acids is 2. The SMILES string of the molecule is COc1ccc(Cl)c(NC2CC(=O)N(C(C)C)C2=O)c1. The number of halogens is 1. The van der Waals surface area contributed by atoms with E-state index < -0.39 is 6.04 Å². The third kappa shape index (κ3) is 2.72. The third-order valence-electron chi connectivity index (χ3n) is 3.20. The molecule has 2 amide bonds. The minimum atomic E-state index is -0.575. The molecule has 0 radical (unpaired) electrons. The van der Waals surface area contributed by atoms with Crippen LogP contribution in [0, 0.1) is 0 Å². The van der Waals surface area contributed by atoms with Gasteiger partial charge in [-0.25, -0.2) is 0 Å². The molecule has 0 bridgehead atoms. The van der Waals surface area contributed by atoms with Crippen LogP contribution in [-0.2, 0) is 9.59 Å². The molecule has 5 nitrogen and oxygen atoms in total. The lowest BCUT2D eigenvalue weighted by atomic mass is 10.2. The maximum Gasteiger partial charge on any atom is 0.252 e. The molecule has 1 aliphatic heterocycles. The van der Waals surface area contributed by atoms with Gasteiger partial charge in [0, 0.05) is 12.1 Å². The van der Waals surface area contributed by atoms with Gasteiger partial charge in [0.15, 0.2) is 0 Å². The number of nitrogens with one attached hydrogen (secondary N) is 1. The van der Waals surface area contributed by atoms with E-state index in [1.807, 2.05) is 13.8 Å². The van der Waals surface area contributed by atoms with E-state index >= 15 is 0 Å². The molecular weight excluding hydrogens is 280 g/mol. The smallest absolute Gasteiger partial charge is 0.252 e. The molecule has 108 valence electrons. The van der Waals surface area contributed by atoms with E-state index in [4.69, 9.17) is 16.3 Å². The normalized spacial score (nSPS) is 18.9. The second-order valence-electron chi connectivity index (χ2n) is 4.94. The van der Waals surface area contributed by atoms with Crippen molar-refractivity contribution in [3.05, 3.63) is 23.2 Å². The Morgan fingerprint density at radius 2 is 2.10 bits per heavy atom. The summed E-state index contributed by atoms with van der Waals surface area (Å²) in [6.07, 6.45) is 0.143. The van der Waals surface area contributed by atoms with Gasteiger partial charge in [0.25, 0.3) is 5.91 Å². The number of anilines is 1. The van der Waals surface area contributed by atoms with Crippen molar-refractivity contribution in [1.29, 1.82) is 0 Å². The lowest BCUT2D eigenvalue weighted by Crippen LogP contribution is -2.39. The van der Waals surface area contributed by atoms with Gasteiger partial charge >= 0.3 is 0 Å². The first kappa shape index (κ1) is 14.7. The van der Waals surface area contributed by atoms with E-state index in [0.29, 0.717) is 16.5 Å². The van der Waals surface area contributed by atoms with E-state index in [9.17, 15) is 9.59 Å². The summed E-state index contributed by atoms with van der Waals surface area (Å²) in [6.45, 7) is 3.63. The van der Waals surface area contributed by atoms with Crippen LogP contribution in [0.25, 0.3) is 0 Å². The van der Waals surface area contributed by atoms with Crippen LogP contribution < -0.4 is 10.1 Å². The zero-order valence-corrected chi connectivity index (χ0v) is 12.4. The van der Waals surface area contributed by atoms with Crippen molar-refractivity contribution in [2.45, 2.75) is 32.4 Å². The second-order valence-corrected chi connectivity index (χ2v) is 5.35. The van der Waals surface area contributed by atoms with Gasteiger partial charge < -0.3 is 10.1 Å². The van der Waals surface area contributed by atoms with Crippen molar-refractivity contribution in [3.8, 4) is 5.75 Å². The fourth-order valence-corrected chi connectivity index (χ4v) is 2.41. The summed E-state index contributed by atoms with van der Waals surface area (Å²) in [6, 6.07) is 4.41. The average molecular weight is 297 g/mol. The van der Waals surface area contributed by atoms with Crippen LogP contribution in [0.2, 0.25) is 5.02 Å². The first-order valence-corrected chi connectivity index (χ1v) is 6.77. The highest BCUT2D eigenvalue weighted by Gasteiger charge is 2.40. The van der Waals surface area contributed by atoms with Crippen LogP contribution >= 0.6 is 11.6 Å². The van der Waals surface area contributed by atoms with E-state index in [1.54, 1.807) is 25.3 Å². The second kappa shape index (κ2) is 5.71. The number of amides is 2. The lowest BCUT2D eigenvalue weighted by Gasteiger charge is -2.19. The Morgan fingerprint density at radius 3 is 2.65 bits per heavy atom. The quantitative estimate of drug-likeness (QED) is 0.866. The van der Waals surface area contributed by atoms with Gasteiger partial charge in [0.1, 0.15) is 11.8 Å². The topological polar surface area (TPSA) is 58.6 Å². The van der Waals surface area contributed by atoms with E-state index in [1.165, 1.54) is 4.90 Å². The summed E-state index contributed by atoms with van der Waals surface area (Å²) in [5.74, 6) is 0.250. The Bertz CT molecular complexity index is 545. The largest absolute Gasteiger partial charge is 0.497 e. The van der Waals surface area contributed by atoms with Crippen LogP contribution in [0.4, 0.5) is 5.69 Å². The number of hydrogen-bond acceptors (Lipinski definition) is 4. The highest BCUT2D eigenvalue weighted by atomic mass is 35.5. The molecule has 2 rings (SSSR count). The monoisotopic (exact) mass is 296 g/mol. The molecule has 20 heavy (non-hydrogen) atoms. The van der Waals surface area contributed by atoms with Gasteiger partial charge in [0.05, 0.1) is 24.2 Å². The van der Waals surface area contributed by atoms with Crippen molar-refractivity contribution < 1.29 is 14.3 Å². The maximum atomic E-state index is 12.2. The predicted octanol–water partition coefficient (Wildman–Crippen LogP) is 2.30. The average Bonchev–Trinajstić information content (AvgIpc) is 2.67. The number of ether oxygens (including phenoxy) is 1. The van der Waals surface area contributed by atoms with Crippen LogP contribution in [0.1, 0.15) is 20.3 Å². The number of imide groups is 1. The molecule has 1 aromatic carbocycles. The van der Waals surface area contributed by atoms with Crippen LogP contribution in [0.5, 0.6) is 5.75 Å². The molecule has 6 heteroatoms. The molecule has 0 spiro atoms. The molecule has 1 aromatic rings. The summed E-state index contributed by atoms with van der Waals surface area (Å²) < 4.78 is 5.12. The zero-order valence-electron chi connectivity index (χ0n) is 11.6. The van der Waals surface area contributed by atoms with E-state index in [-0.39, 0.29) is 24.3 Å². The zero-order chi connectivity index (χ0) is 14.9. The van der Waals surface area contributed by atoms with Crippen molar-refractivity contribution in [3.63, 3.8) is 0 Å². The highest BCUT2D eigenvalue weighted by Crippen LogP contribution is 2.29. The van der Waals surface area contributed by atoms with Gasteiger partial charge in [-0.2, -0.15) is 0 Å². The molecule has 1 atom stereocenters. The number of benzene rings is 1. The molecule has 1 unspecified atom stereocenters. The first-order chi connectivity index (χ1) is 9.43. The summed E-state index contributed by atoms with van der Waals surface area (Å²) in [5, 5.41) is 3.51. The van der Waals surface area contributed by atoms with Gasteiger partial charge in [-0.3, -0.25) is 14.5 Å². The number of rotatable bonds is 4. The molecule has 0 aliphatic carbocycles. The van der Waals surface area contributed by atoms with E-state index in [2.05, 4.69) is 5.32 Å². The van der Waals surface area contributed by atoms with Crippen LogP contribution in [0.3, 0.4) is 0 Å². The molecule has 0 saturated carbocycles. The highest BCUT2D eigenvalue weighted by molar-refractivity contribution is 6.33. The number of nitrogens with zero attached hydrogens (tertiary/aromatic N) is 1. The molecule has 1 fully saturated rings. The van der Waals surface area contributed by atoms with Crippen LogP contribution in [-0.4, -0.2) is 35.9 Å². The number of methoxy groups -OCH3 is 1. The molecule has 1 aliphatic rings. The number of likely N-dealkylation sites (tertiary alicyclic amines) is 1. The number of carbonyl (C=O) groups is 2. The van der Waals surface area contributed by atoms with Crippen molar-refractivity contribution in [2.75, 3.05) is 12.4 Å². The molecule has 1 N–H and O–H groups in total. The number of hydrogen-bond donors (Lipinski definition) is 1. The molecular formula is C14H17ClN2O3. The summed E-state index contributed by atoms with van der Waals surface area (Å²) >= 11 is 6.09. The van der Waals surface area contributed by atoms with Crippen LogP contribution in [0.15, 0.2) is 18.2 Å². The summed E-state index contributed by atoms with van der Waals surface area (Å²) in [5.41, 5.74) is 0.586. The Labute approximate surface area is 122 Å². The van der Waals surface area contributed by atoms with Crippen molar-refractivity contribution >= 4 is 29.1 Å². The fourth-order valence-electron chi connectivity index (χ4n) is 2.24. The fraction of sp³-hybridized carbons (Fsp3) is 0.429. The van der Waals surface area contributed by atoms with Crippen molar-refractivity contribution in [2.24, 2.45) is 0 Å². The van der Waals surface area contributed by atoms with Crippen molar-refractivity contribution in [1.82, 2.24) is 4.90 Å². The van der Waals surface area contributed by atoms with Gasteiger partial charge in [-0.05, 0) is 26.0 Å². The van der Waals surface area contributed by atoms with Gasteiger partial charge in [-0.15, -0.1) is 0 Å². The Kier molecular flexibility index (Phi) is 4.18. The summed E-state index contributed by atoms with van der Waals surface area (Å²) in [7, 11) is 1.55. The van der Waals surface area contributed by atoms with Gasteiger partial charge in [-0.1, -0.05) is 11.6 Å². The minimum Gasteiger partial charge on any atom is -0.497 e. The first-order valence-electron chi connectivity index (χ1n) is 6.40. The van der Waals surface area contributed by atoms with E-state index in [0.717, 1.165) is 0 Å². The minimum absolute atomic E-state index is 0.136. The summed E-state index contributed by atoms with van der Waals surface area (Å²) in [4.78, 5) is 25.3. The molecule has 1 heterocycles. The Hall–Kier alpha value is -1.75. The Morgan fingerprint density at radius 1 is 1.40 bits per heavy atom. The molecule has 1 saturated heterocycles. The maximum absolute atomic E-state index is 12.2. The Balaban J connectivity index is 2.19. The standard InChI is InChI=1S/C14H17ClN2O3/c1-8(2)17-13(18)7-12(14(17)19)16-11-6-9(20-3)4-5-10(11)15/h4-6,8,12,16H,7H2,1-3H3. The predicted molar refractivity (Wildman–Crippen MR) is 77.0 cm³/mol. The lowest BCUT2D eigenvalue weighted by molar-refractivity contribution is -0.140.